The Kier molecular flexibility index (Phi) is 5.94. The van der Waals surface area contributed by atoms with E-state index in [0.717, 1.165) is 19.4 Å². The number of alkyl halides is 1. The second-order valence-corrected chi connectivity index (χ2v) is 4.31. The third kappa shape index (κ3) is 5.00. The van der Waals surface area contributed by atoms with E-state index < -0.39 is 0 Å². The number of ether oxygens (including phenoxy) is 1. The van der Waals surface area contributed by atoms with Gasteiger partial charge in [-0.15, -0.1) is 11.6 Å². The van der Waals surface area contributed by atoms with Crippen LogP contribution >= 0.6 is 11.6 Å². The van der Waals surface area contributed by atoms with Gasteiger partial charge in [-0.05, 0) is 12.8 Å². The molecule has 0 atom stereocenters. The predicted octanol–water partition coefficient (Wildman–Crippen LogP) is 3.46. The van der Waals surface area contributed by atoms with E-state index >= 15 is 0 Å². The molecule has 0 bridgehead atoms. The summed E-state index contributed by atoms with van der Waals surface area (Å²) in [5.74, 6) is 0.660. The highest BCUT2D eigenvalue weighted by Crippen LogP contribution is 2.19. The van der Waals surface area contributed by atoms with E-state index in [1.165, 1.54) is 0 Å². The van der Waals surface area contributed by atoms with Crippen molar-refractivity contribution in [3.63, 3.8) is 0 Å². The minimum atomic E-state index is 0.115. The molecule has 0 heterocycles. The highest BCUT2D eigenvalue weighted by molar-refractivity contribution is 6.18. The largest absolute Gasteiger partial charge is 0.378 e. The van der Waals surface area contributed by atoms with Gasteiger partial charge in [-0.3, -0.25) is 0 Å². The lowest BCUT2D eigenvalue weighted by atomic mass is 9.98. The van der Waals surface area contributed by atoms with Crippen LogP contribution in [0.25, 0.3) is 0 Å². The van der Waals surface area contributed by atoms with Gasteiger partial charge in [0.05, 0.1) is 12.7 Å². The Morgan fingerprint density at radius 1 is 1.25 bits per heavy atom. The van der Waals surface area contributed by atoms with E-state index in [1.807, 2.05) is 0 Å². The third-order valence-electron chi connectivity index (χ3n) is 1.98. The van der Waals surface area contributed by atoms with Crippen LogP contribution in [0.5, 0.6) is 0 Å². The molecule has 0 amide bonds. The lowest BCUT2D eigenvalue weighted by Crippen LogP contribution is -2.25. The van der Waals surface area contributed by atoms with E-state index in [4.69, 9.17) is 16.3 Å². The van der Waals surface area contributed by atoms with Gasteiger partial charge in [-0.25, -0.2) is 0 Å². The number of rotatable bonds is 6. The average Bonchev–Trinajstić information content (AvgIpc) is 2.06. The van der Waals surface area contributed by atoms with Crippen molar-refractivity contribution in [1.29, 1.82) is 0 Å². The fraction of sp³-hybridized carbons (Fsp3) is 1.00. The normalized spacial score (nSPS) is 12.5. The van der Waals surface area contributed by atoms with Gasteiger partial charge in [0.1, 0.15) is 0 Å². The first-order valence-electron chi connectivity index (χ1n) is 4.73. The lowest BCUT2D eigenvalue weighted by molar-refractivity contribution is 0.00621. The summed E-state index contributed by atoms with van der Waals surface area (Å²) in [6, 6.07) is 0. The average molecular weight is 193 g/mol. The van der Waals surface area contributed by atoms with Crippen LogP contribution in [0.3, 0.4) is 0 Å². The lowest BCUT2D eigenvalue weighted by Gasteiger charge is -2.24. The summed E-state index contributed by atoms with van der Waals surface area (Å²) in [5, 5.41) is 0. The molecule has 1 nitrogen and oxygen atoms in total. The standard InChI is InChI=1S/C10H21ClO/c1-5-9(6-2)12-8-10(3,4)7-11/h9H,5-8H2,1-4H3. The van der Waals surface area contributed by atoms with E-state index in [1.54, 1.807) is 0 Å². The topological polar surface area (TPSA) is 9.23 Å². The molecule has 0 rings (SSSR count). The smallest absolute Gasteiger partial charge is 0.0570 e. The van der Waals surface area contributed by atoms with Crippen LogP contribution in [0.15, 0.2) is 0 Å². The Bertz CT molecular complexity index is 108. The van der Waals surface area contributed by atoms with Crippen LogP contribution in [0, 0.1) is 5.41 Å². The van der Waals surface area contributed by atoms with E-state index in [0.29, 0.717) is 12.0 Å². The molecule has 0 aliphatic carbocycles. The van der Waals surface area contributed by atoms with E-state index in [2.05, 4.69) is 27.7 Å². The van der Waals surface area contributed by atoms with Crippen molar-refractivity contribution in [1.82, 2.24) is 0 Å². The molecule has 0 N–H and O–H groups in total. The predicted molar refractivity (Wildman–Crippen MR) is 54.8 cm³/mol. The molecule has 0 saturated heterocycles. The molecule has 0 aromatic heterocycles. The maximum Gasteiger partial charge on any atom is 0.0570 e. The summed E-state index contributed by atoms with van der Waals surface area (Å²) in [5.41, 5.74) is 0.115. The molecule has 0 unspecified atom stereocenters. The molecule has 0 aliphatic rings. The summed E-state index contributed by atoms with van der Waals surface area (Å²) in [6.07, 6.45) is 2.59. The molecular formula is C10H21ClO. The molecule has 2 heteroatoms. The molecule has 0 saturated carbocycles. The van der Waals surface area contributed by atoms with Gasteiger partial charge in [0.15, 0.2) is 0 Å². The van der Waals surface area contributed by atoms with Crippen LogP contribution in [0.2, 0.25) is 0 Å². The molecular weight excluding hydrogens is 172 g/mol. The van der Waals surface area contributed by atoms with Crippen LogP contribution < -0.4 is 0 Å². The zero-order chi connectivity index (χ0) is 9.61. The van der Waals surface area contributed by atoms with Crippen molar-refractivity contribution in [3.05, 3.63) is 0 Å². The maximum atomic E-state index is 5.78. The number of hydrogen-bond acceptors (Lipinski definition) is 1. The highest BCUT2D eigenvalue weighted by Gasteiger charge is 2.18. The monoisotopic (exact) mass is 192 g/mol. The van der Waals surface area contributed by atoms with Crippen LogP contribution in [-0.2, 0) is 4.74 Å². The van der Waals surface area contributed by atoms with Gasteiger partial charge in [0.2, 0.25) is 0 Å². The van der Waals surface area contributed by atoms with Crippen molar-refractivity contribution in [2.75, 3.05) is 12.5 Å². The molecule has 0 aromatic carbocycles. The maximum absolute atomic E-state index is 5.78. The second-order valence-electron chi connectivity index (χ2n) is 4.05. The summed E-state index contributed by atoms with van der Waals surface area (Å²) in [4.78, 5) is 0. The van der Waals surface area contributed by atoms with Crippen LogP contribution in [-0.4, -0.2) is 18.6 Å². The van der Waals surface area contributed by atoms with E-state index in [-0.39, 0.29) is 5.41 Å². The third-order valence-corrected chi connectivity index (χ3v) is 2.71. The molecule has 74 valence electrons. The Hall–Kier alpha value is 0.250. The first-order chi connectivity index (χ1) is 5.55. The van der Waals surface area contributed by atoms with Crippen molar-refractivity contribution < 1.29 is 4.74 Å². The zero-order valence-corrected chi connectivity index (χ0v) is 9.45. The van der Waals surface area contributed by atoms with Gasteiger partial charge < -0.3 is 4.74 Å². The molecule has 0 radical (unpaired) electrons. The fourth-order valence-electron chi connectivity index (χ4n) is 0.906. The highest BCUT2D eigenvalue weighted by atomic mass is 35.5. The summed E-state index contributed by atoms with van der Waals surface area (Å²) >= 11 is 5.78. The first-order valence-corrected chi connectivity index (χ1v) is 5.26. The molecule has 0 aromatic rings. The minimum Gasteiger partial charge on any atom is -0.378 e. The van der Waals surface area contributed by atoms with Gasteiger partial charge in [-0.2, -0.15) is 0 Å². The quantitative estimate of drug-likeness (QED) is 0.586. The van der Waals surface area contributed by atoms with Gasteiger partial charge >= 0.3 is 0 Å². The van der Waals surface area contributed by atoms with Gasteiger partial charge in [0.25, 0.3) is 0 Å². The van der Waals surface area contributed by atoms with Crippen molar-refractivity contribution in [2.24, 2.45) is 5.41 Å². The summed E-state index contributed by atoms with van der Waals surface area (Å²) in [7, 11) is 0. The summed E-state index contributed by atoms with van der Waals surface area (Å²) < 4.78 is 5.71. The molecule has 0 aliphatic heterocycles. The van der Waals surface area contributed by atoms with Gasteiger partial charge in [0, 0.05) is 11.3 Å². The van der Waals surface area contributed by atoms with Crippen LogP contribution in [0.4, 0.5) is 0 Å². The first kappa shape index (κ1) is 12.2. The number of hydrogen-bond donors (Lipinski definition) is 0. The van der Waals surface area contributed by atoms with E-state index in [9.17, 15) is 0 Å². The van der Waals surface area contributed by atoms with Crippen molar-refractivity contribution in [3.8, 4) is 0 Å². The van der Waals surface area contributed by atoms with Crippen molar-refractivity contribution in [2.45, 2.75) is 46.6 Å². The molecule has 12 heavy (non-hydrogen) atoms. The summed E-state index contributed by atoms with van der Waals surface area (Å²) in [6.45, 7) is 9.33. The zero-order valence-electron chi connectivity index (χ0n) is 8.69. The molecule has 0 fully saturated rings. The van der Waals surface area contributed by atoms with Crippen LogP contribution in [0.1, 0.15) is 40.5 Å². The fourth-order valence-corrected chi connectivity index (χ4v) is 0.984. The second kappa shape index (κ2) is 5.82. The Morgan fingerprint density at radius 3 is 2.08 bits per heavy atom. The Balaban J connectivity index is 3.65. The number of halogens is 1. The Labute approximate surface area is 81.4 Å². The Morgan fingerprint density at radius 2 is 1.75 bits per heavy atom. The van der Waals surface area contributed by atoms with Crippen molar-refractivity contribution >= 4 is 11.6 Å². The van der Waals surface area contributed by atoms with Gasteiger partial charge in [-0.1, -0.05) is 27.7 Å². The SMILES string of the molecule is CCC(CC)OCC(C)(C)CCl. The molecule has 0 spiro atoms. The minimum absolute atomic E-state index is 0.115.